The van der Waals surface area contributed by atoms with Crippen molar-refractivity contribution >= 4 is 0 Å². The Kier molecular flexibility index (Phi) is 4.08. The third-order valence-electron chi connectivity index (χ3n) is 5.20. The lowest BCUT2D eigenvalue weighted by Crippen LogP contribution is -2.25. The molecule has 2 aromatic rings. The molecule has 4 rings (SSSR count). The summed E-state index contributed by atoms with van der Waals surface area (Å²) >= 11 is 0. The highest BCUT2D eigenvalue weighted by Gasteiger charge is 2.29. The minimum Gasteiger partial charge on any atom is -0.312 e. The molecule has 1 aromatic carbocycles. The van der Waals surface area contributed by atoms with E-state index in [-0.39, 0.29) is 5.69 Å². The monoisotopic (exact) mass is 335 g/mol. The van der Waals surface area contributed by atoms with Crippen LogP contribution in [0.4, 0.5) is 13.2 Å². The highest BCUT2D eigenvalue weighted by molar-refractivity contribution is 5.41. The molecule has 0 radical (unpaired) electrons. The molecule has 2 aliphatic rings. The van der Waals surface area contributed by atoms with Crippen LogP contribution < -0.4 is 5.32 Å². The van der Waals surface area contributed by atoms with Crippen molar-refractivity contribution in [3.05, 3.63) is 46.5 Å². The molecule has 1 fully saturated rings. The molecule has 0 saturated heterocycles. The number of rotatable bonds is 2. The van der Waals surface area contributed by atoms with E-state index in [1.807, 2.05) is 0 Å². The summed E-state index contributed by atoms with van der Waals surface area (Å²) in [4.78, 5) is 0. The number of fused-ring (bicyclic) bond motifs is 1. The standard InChI is InChI=1S/C18H20F3N3/c19-13-6-7-15(17(21)16(13)20)24-14-8-9-22-10-12(14)18(23-24)11-4-2-1-3-5-11/h6-7,11,22H,1-5,8-10H2. The van der Waals surface area contributed by atoms with Gasteiger partial charge in [-0.15, -0.1) is 0 Å². The van der Waals surface area contributed by atoms with Crippen molar-refractivity contribution in [1.29, 1.82) is 0 Å². The van der Waals surface area contributed by atoms with Gasteiger partial charge in [0.15, 0.2) is 17.5 Å². The van der Waals surface area contributed by atoms with Crippen LogP contribution in [0.15, 0.2) is 12.1 Å². The molecule has 128 valence electrons. The van der Waals surface area contributed by atoms with E-state index < -0.39 is 17.5 Å². The largest absolute Gasteiger partial charge is 0.312 e. The van der Waals surface area contributed by atoms with Gasteiger partial charge in [-0.3, -0.25) is 0 Å². The molecule has 3 nitrogen and oxygen atoms in total. The van der Waals surface area contributed by atoms with E-state index in [0.717, 1.165) is 42.4 Å². The molecular formula is C18H20F3N3. The molecule has 24 heavy (non-hydrogen) atoms. The van der Waals surface area contributed by atoms with Gasteiger partial charge in [0, 0.05) is 31.0 Å². The van der Waals surface area contributed by atoms with Gasteiger partial charge in [0.2, 0.25) is 0 Å². The summed E-state index contributed by atoms with van der Waals surface area (Å²) in [7, 11) is 0. The molecule has 0 unspecified atom stereocenters. The number of hydrogen-bond donors (Lipinski definition) is 1. The Morgan fingerprint density at radius 3 is 2.62 bits per heavy atom. The molecular weight excluding hydrogens is 315 g/mol. The van der Waals surface area contributed by atoms with Gasteiger partial charge in [0.05, 0.1) is 11.4 Å². The molecule has 0 amide bonds. The van der Waals surface area contributed by atoms with Crippen molar-refractivity contribution in [3.8, 4) is 5.69 Å². The first kappa shape index (κ1) is 15.7. The number of benzene rings is 1. The summed E-state index contributed by atoms with van der Waals surface area (Å²) in [6.45, 7) is 1.47. The van der Waals surface area contributed by atoms with E-state index in [1.54, 1.807) is 0 Å². The van der Waals surface area contributed by atoms with Crippen LogP contribution in [-0.4, -0.2) is 16.3 Å². The third-order valence-corrected chi connectivity index (χ3v) is 5.20. The Labute approximate surface area is 138 Å². The Morgan fingerprint density at radius 1 is 1.04 bits per heavy atom. The third kappa shape index (κ3) is 2.53. The molecule has 2 heterocycles. The van der Waals surface area contributed by atoms with Crippen LogP contribution in [-0.2, 0) is 13.0 Å². The number of nitrogens with zero attached hydrogens (tertiary/aromatic N) is 2. The first-order chi connectivity index (χ1) is 11.7. The van der Waals surface area contributed by atoms with Gasteiger partial charge < -0.3 is 5.32 Å². The van der Waals surface area contributed by atoms with Gasteiger partial charge in [0.1, 0.15) is 5.69 Å². The summed E-state index contributed by atoms with van der Waals surface area (Å²) in [6, 6.07) is 2.23. The quantitative estimate of drug-likeness (QED) is 0.841. The van der Waals surface area contributed by atoms with Gasteiger partial charge in [-0.05, 0) is 25.0 Å². The normalized spacial score (nSPS) is 18.6. The molecule has 1 aliphatic heterocycles. The Bertz CT molecular complexity index is 763. The van der Waals surface area contributed by atoms with Crippen molar-refractivity contribution in [2.75, 3.05) is 6.54 Å². The average molecular weight is 335 g/mol. The van der Waals surface area contributed by atoms with E-state index in [0.29, 0.717) is 18.9 Å². The van der Waals surface area contributed by atoms with E-state index in [4.69, 9.17) is 0 Å². The van der Waals surface area contributed by atoms with Crippen LogP contribution in [0.25, 0.3) is 5.69 Å². The van der Waals surface area contributed by atoms with E-state index in [9.17, 15) is 13.2 Å². The first-order valence-corrected chi connectivity index (χ1v) is 8.62. The molecule has 0 atom stereocenters. The topological polar surface area (TPSA) is 29.9 Å². The zero-order valence-electron chi connectivity index (χ0n) is 13.4. The predicted octanol–water partition coefficient (Wildman–Crippen LogP) is 3.98. The second-order valence-electron chi connectivity index (χ2n) is 6.68. The fourth-order valence-corrected chi connectivity index (χ4v) is 3.96. The summed E-state index contributed by atoms with van der Waals surface area (Å²) in [5.74, 6) is -3.41. The Balaban J connectivity index is 1.84. The minimum absolute atomic E-state index is 0.00545. The average Bonchev–Trinajstić information content (AvgIpc) is 3.00. The smallest absolute Gasteiger partial charge is 0.196 e. The maximum absolute atomic E-state index is 14.3. The second-order valence-corrected chi connectivity index (χ2v) is 6.68. The molecule has 1 saturated carbocycles. The van der Waals surface area contributed by atoms with Gasteiger partial charge in [-0.1, -0.05) is 19.3 Å². The van der Waals surface area contributed by atoms with E-state index in [2.05, 4.69) is 10.4 Å². The maximum atomic E-state index is 14.3. The van der Waals surface area contributed by atoms with Crippen LogP contribution in [0.2, 0.25) is 0 Å². The minimum atomic E-state index is -1.44. The van der Waals surface area contributed by atoms with Crippen LogP contribution >= 0.6 is 0 Å². The Hall–Kier alpha value is -1.82. The fourth-order valence-electron chi connectivity index (χ4n) is 3.96. The molecule has 0 spiro atoms. The summed E-state index contributed by atoms with van der Waals surface area (Å²) in [6.07, 6.45) is 6.48. The molecule has 1 aromatic heterocycles. The highest BCUT2D eigenvalue weighted by Crippen LogP contribution is 2.36. The van der Waals surface area contributed by atoms with Gasteiger partial charge >= 0.3 is 0 Å². The van der Waals surface area contributed by atoms with Crippen molar-refractivity contribution in [3.63, 3.8) is 0 Å². The van der Waals surface area contributed by atoms with Crippen molar-refractivity contribution in [2.24, 2.45) is 0 Å². The zero-order chi connectivity index (χ0) is 16.7. The molecule has 0 bridgehead atoms. The highest BCUT2D eigenvalue weighted by atomic mass is 19.2. The van der Waals surface area contributed by atoms with Crippen molar-refractivity contribution in [2.45, 2.75) is 51.0 Å². The first-order valence-electron chi connectivity index (χ1n) is 8.62. The predicted molar refractivity (Wildman–Crippen MR) is 84.7 cm³/mol. The molecule has 1 N–H and O–H groups in total. The van der Waals surface area contributed by atoms with Crippen LogP contribution in [0.3, 0.4) is 0 Å². The summed E-state index contributed by atoms with van der Waals surface area (Å²) in [5.41, 5.74) is 3.02. The SMILES string of the molecule is Fc1ccc(-n2nc(C3CCCCC3)c3c2CCNC3)c(F)c1F. The van der Waals surface area contributed by atoms with Crippen molar-refractivity contribution < 1.29 is 13.2 Å². The van der Waals surface area contributed by atoms with Crippen molar-refractivity contribution in [1.82, 2.24) is 15.1 Å². The van der Waals surface area contributed by atoms with Crippen LogP contribution in [0, 0.1) is 17.5 Å². The second kappa shape index (κ2) is 6.24. The zero-order valence-corrected chi connectivity index (χ0v) is 13.4. The molecule has 1 aliphatic carbocycles. The summed E-state index contributed by atoms with van der Waals surface area (Å²) < 4.78 is 42.7. The van der Waals surface area contributed by atoms with E-state index >= 15 is 0 Å². The number of aromatic nitrogens is 2. The number of hydrogen-bond acceptors (Lipinski definition) is 2. The lowest BCUT2D eigenvalue weighted by molar-refractivity contribution is 0.430. The van der Waals surface area contributed by atoms with Gasteiger partial charge in [-0.2, -0.15) is 5.10 Å². The number of nitrogens with one attached hydrogen (secondary N) is 1. The Morgan fingerprint density at radius 2 is 1.83 bits per heavy atom. The fraction of sp³-hybridized carbons (Fsp3) is 0.500. The van der Waals surface area contributed by atoms with Gasteiger partial charge in [-0.25, -0.2) is 17.9 Å². The molecule has 6 heteroatoms. The summed E-state index contributed by atoms with van der Waals surface area (Å²) in [5, 5.41) is 8.00. The van der Waals surface area contributed by atoms with Crippen LogP contribution in [0.1, 0.15) is 55.0 Å². The lowest BCUT2D eigenvalue weighted by atomic mass is 9.84. The maximum Gasteiger partial charge on any atom is 0.196 e. The number of halogens is 3. The van der Waals surface area contributed by atoms with E-state index in [1.165, 1.54) is 30.0 Å². The lowest BCUT2D eigenvalue weighted by Gasteiger charge is -2.22. The van der Waals surface area contributed by atoms with Crippen LogP contribution in [0.5, 0.6) is 0 Å². The van der Waals surface area contributed by atoms with Gasteiger partial charge in [0.25, 0.3) is 0 Å².